The Bertz CT molecular complexity index is 524. The topological polar surface area (TPSA) is 78.9 Å². The molecule has 0 bridgehead atoms. The molecule has 0 radical (unpaired) electrons. The molecule has 2 N–H and O–H groups in total. The molecule has 0 aliphatic carbocycles. The molecule has 1 heterocycles. The van der Waals surface area contributed by atoms with Crippen LogP contribution in [0.4, 0.5) is 0 Å². The summed E-state index contributed by atoms with van der Waals surface area (Å²) in [7, 11) is -3.52. The van der Waals surface area contributed by atoms with E-state index in [9.17, 15) is 8.42 Å². The molecule has 1 saturated heterocycles. The van der Waals surface area contributed by atoms with E-state index in [1.54, 1.807) is 17.1 Å². The first-order valence-corrected chi connectivity index (χ1v) is 8.71. The summed E-state index contributed by atoms with van der Waals surface area (Å²) >= 11 is 0. The fourth-order valence-corrected chi connectivity index (χ4v) is 3.30. The van der Waals surface area contributed by atoms with Gasteiger partial charge in [0.2, 0.25) is 0 Å². The summed E-state index contributed by atoms with van der Waals surface area (Å²) in [5.41, 5.74) is 0. The summed E-state index contributed by atoms with van der Waals surface area (Å²) in [6.07, 6.45) is 3.73. The number of hydrogen-bond donors (Lipinski definition) is 2. The van der Waals surface area contributed by atoms with E-state index in [1.165, 1.54) is 12.1 Å². The summed E-state index contributed by atoms with van der Waals surface area (Å²) in [6.45, 7) is 1.99. The van der Waals surface area contributed by atoms with E-state index in [1.807, 2.05) is 0 Å². The van der Waals surface area contributed by atoms with E-state index in [0.29, 0.717) is 18.8 Å². The van der Waals surface area contributed by atoms with Gasteiger partial charge in [0.15, 0.2) is 0 Å². The van der Waals surface area contributed by atoms with Crippen LogP contribution in [0, 0.1) is 0 Å². The third-order valence-corrected chi connectivity index (χ3v) is 4.70. The molecule has 0 spiro atoms. The zero-order valence-electron chi connectivity index (χ0n) is 12.0. The number of ether oxygens (including phenoxy) is 1. The summed E-state index contributed by atoms with van der Waals surface area (Å²) in [4.78, 5) is 2.84. The Morgan fingerprint density at radius 2 is 1.81 bits per heavy atom. The number of piperidine rings is 1. The van der Waals surface area contributed by atoms with Crippen molar-refractivity contribution in [2.45, 2.75) is 30.6 Å². The van der Waals surface area contributed by atoms with E-state index in [4.69, 9.17) is 9.84 Å². The first kappa shape index (κ1) is 16.2. The minimum absolute atomic E-state index is 0.0756. The van der Waals surface area contributed by atoms with Crippen LogP contribution < -0.4 is 9.57 Å². The van der Waals surface area contributed by atoms with E-state index >= 15 is 0 Å². The number of aliphatic hydroxyl groups excluding tert-OH is 1. The second kappa shape index (κ2) is 7.74. The fourth-order valence-electron chi connectivity index (χ4n) is 2.18. The summed E-state index contributed by atoms with van der Waals surface area (Å²) in [5, 5.41) is 10.4. The number of aliphatic hydroxyl groups is 1. The van der Waals surface area contributed by atoms with Gasteiger partial charge in [-0.3, -0.25) is 0 Å². The van der Waals surface area contributed by atoms with E-state index in [0.717, 1.165) is 32.4 Å². The van der Waals surface area contributed by atoms with Gasteiger partial charge in [-0.2, -0.15) is 0 Å². The van der Waals surface area contributed by atoms with Gasteiger partial charge in [-0.05, 0) is 37.1 Å². The highest BCUT2D eigenvalue weighted by Crippen LogP contribution is 2.17. The van der Waals surface area contributed by atoms with Crippen LogP contribution in [0.3, 0.4) is 0 Å². The zero-order valence-corrected chi connectivity index (χ0v) is 12.8. The van der Waals surface area contributed by atoms with Crippen molar-refractivity contribution in [3.05, 3.63) is 24.3 Å². The Morgan fingerprint density at radius 3 is 2.43 bits per heavy atom. The maximum Gasteiger partial charge on any atom is 0.253 e. The number of benzene rings is 1. The molecular weight excluding hydrogens is 292 g/mol. The zero-order chi connectivity index (χ0) is 15.1. The van der Waals surface area contributed by atoms with Gasteiger partial charge in [-0.25, -0.2) is 13.4 Å². The summed E-state index contributed by atoms with van der Waals surface area (Å²) in [5.74, 6) is 0.598. The van der Waals surface area contributed by atoms with Crippen LogP contribution in [0.25, 0.3) is 0 Å². The maximum absolute atomic E-state index is 12.2. The molecule has 2 rings (SSSR count). The largest absolute Gasteiger partial charge is 0.494 e. The maximum atomic E-state index is 12.2. The highest BCUT2D eigenvalue weighted by Gasteiger charge is 2.19. The minimum atomic E-state index is -3.52. The third kappa shape index (κ3) is 4.96. The second-order valence-corrected chi connectivity index (χ2v) is 6.70. The average Bonchev–Trinajstić information content (AvgIpc) is 2.49. The van der Waals surface area contributed by atoms with Crippen molar-refractivity contribution in [2.24, 2.45) is 0 Å². The molecule has 1 aliphatic rings. The van der Waals surface area contributed by atoms with Crippen LogP contribution in [-0.2, 0) is 10.0 Å². The van der Waals surface area contributed by atoms with Crippen LogP contribution in [0.1, 0.15) is 25.7 Å². The average molecular weight is 314 g/mol. The standard InChI is InChI=1S/C14H22N2O4S/c17-11-4-12-20-13-5-7-14(8-6-13)21(18,19)15-16-9-2-1-3-10-16/h5-8,15,17H,1-4,9-12H2. The number of hydrazine groups is 1. The molecular formula is C14H22N2O4S. The lowest BCUT2D eigenvalue weighted by atomic mass is 10.2. The fraction of sp³-hybridized carbons (Fsp3) is 0.571. The number of sulfonamides is 1. The van der Waals surface area contributed by atoms with Crippen molar-refractivity contribution in [2.75, 3.05) is 26.3 Å². The van der Waals surface area contributed by atoms with Gasteiger partial charge in [0.25, 0.3) is 10.0 Å². The molecule has 0 atom stereocenters. The molecule has 0 aromatic heterocycles. The molecule has 1 aromatic rings. The van der Waals surface area contributed by atoms with Crippen LogP contribution in [-0.4, -0.2) is 44.8 Å². The van der Waals surface area contributed by atoms with Crippen LogP contribution >= 0.6 is 0 Å². The van der Waals surface area contributed by atoms with Crippen LogP contribution in [0.5, 0.6) is 5.75 Å². The lowest BCUT2D eigenvalue weighted by Crippen LogP contribution is -2.44. The van der Waals surface area contributed by atoms with Gasteiger partial charge in [0.05, 0.1) is 11.5 Å². The number of rotatable bonds is 7. The number of nitrogens with one attached hydrogen (secondary N) is 1. The Balaban J connectivity index is 1.95. The monoisotopic (exact) mass is 314 g/mol. The van der Waals surface area contributed by atoms with Crippen molar-refractivity contribution >= 4 is 10.0 Å². The van der Waals surface area contributed by atoms with E-state index in [-0.39, 0.29) is 11.5 Å². The second-order valence-electron chi connectivity index (χ2n) is 5.04. The van der Waals surface area contributed by atoms with Crippen molar-refractivity contribution in [3.63, 3.8) is 0 Å². The molecule has 1 aliphatic heterocycles. The van der Waals surface area contributed by atoms with E-state index in [2.05, 4.69) is 4.83 Å². The molecule has 21 heavy (non-hydrogen) atoms. The van der Waals surface area contributed by atoms with Gasteiger partial charge in [-0.15, -0.1) is 4.83 Å². The molecule has 6 nitrogen and oxygen atoms in total. The Morgan fingerprint density at radius 1 is 1.14 bits per heavy atom. The summed E-state index contributed by atoms with van der Waals surface area (Å²) in [6, 6.07) is 6.31. The molecule has 1 fully saturated rings. The molecule has 1 aromatic carbocycles. The van der Waals surface area contributed by atoms with Crippen molar-refractivity contribution in [1.29, 1.82) is 0 Å². The highest BCUT2D eigenvalue weighted by molar-refractivity contribution is 7.89. The van der Waals surface area contributed by atoms with Gasteiger partial charge in [0.1, 0.15) is 5.75 Å². The molecule has 0 unspecified atom stereocenters. The van der Waals surface area contributed by atoms with Crippen LogP contribution in [0.2, 0.25) is 0 Å². The predicted octanol–water partition coefficient (Wildman–Crippen LogP) is 1.13. The molecule has 118 valence electrons. The van der Waals surface area contributed by atoms with Gasteiger partial charge >= 0.3 is 0 Å². The van der Waals surface area contributed by atoms with Crippen molar-refractivity contribution in [1.82, 2.24) is 9.84 Å². The van der Waals surface area contributed by atoms with Crippen molar-refractivity contribution in [3.8, 4) is 5.75 Å². The smallest absolute Gasteiger partial charge is 0.253 e. The Kier molecular flexibility index (Phi) is 5.98. The highest BCUT2D eigenvalue weighted by atomic mass is 32.2. The summed E-state index contributed by atoms with van der Waals surface area (Å²) < 4.78 is 29.9. The Labute approximate surface area is 125 Å². The number of nitrogens with zero attached hydrogens (tertiary/aromatic N) is 1. The first-order valence-electron chi connectivity index (χ1n) is 7.23. The minimum Gasteiger partial charge on any atom is -0.494 e. The molecule has 0 amide bonds. The Hall–Kier alpha value is -1.15. The van der Waals surface area contributed by atoms with Crippen LogP contribution in [0.15, 0.2) is 29.2 Å². The number of hydrogen-bond acceptors (Lipinski definition) is 5. The SMILES string of the molecule is O=S(=O)(NN1CCCCC1)c1ccc(OCCCO)cc1. The normalized spacial score (nSPS) is 16.8. The van der Waals surface area contributed by atoms with Gasteiger partial charge < -0.3 is 9.84 Å². The first-order chi connectivity index (χ1) is 10.1. The third-order valence-electron chi connectivity index (χ3n) is 3.31. The molecule has 7 heteroatoms. The lowest BCUT2D eigenvalue weighted by Gasteiger charge is -2.26. The van der Waals surface area contributed by atoms with Gasteiger partial charge in [0, 0.05) is 26.1 Å². The molecule has 0 saturated carbocycles. The van der Waals surface area contributed by atoms with E-state index < -0.39 is 10.0 Å². The quantitative estimate of drug-likeness (QED) is 0.738. The van der Waals surface area contributed by atoms with Crippen molar-refractivity contribution < 1.29 is 18.3 Å². The van der Waals surface area contributed by atoms with Gasteiger partial charge in [-0.1, -0.05) is 6.42 Å². The predicted molar refractivity (Wildman–Crippen MR) is 79.4 cm³/mol. The lowest BCUT2D eigenvalue weighted by molar-refractivity contribution is 0.200.